The van der Waals surface area contributed by atoms with E-state index in [2.05, 4.69) is 17.4 Å². The topological polar surface area (TPSA) is 26.3 Å². The maximum Gasteiger partial charge on any atom is 0.318 e. The molecule has 0 aromatic heterocycles. The Bertz CT molecular complexity index is 108. The van der Waals surface area contributed by atoms with E-state index in [9.17, 15) is 4.79 Å². The number of carbonyl (C=O) groups is 1. The number of esters is 1. The van der Waals surface area contributed by atoms with E-state index in [1.807, 2.05) is 0 Å². The van der Waals surface area contributed by atoms with Gasteiger partial charge in [0, 0.05) is 5.88 Å². The first kappa shape index (κ1) is 10.1. The van der Waals surface area contributed by atoms with Gasteiger partial charge in [-0.25, -0.2) is 0 Å². The number of hydrogen-bond donors (Lipinski definition) is 1. The van der Waals surface area contributed by atoms with E-state index < -0.39 is 0 Å². The van der Waals surface area contributed by atoms with E-state index in [0.29, 0.717) is 12.3 Å². The third-order valence-electron chi connectivity index (χ3n) is 1.08. The molecule has 0 bridgehead atoms. The first-order chi connectivity index (χ1) is 4.72. The Kier molecular flexibility index (Phi) is 5.93. The number of ether oxygens (including phenoxy) is 1. The van der Waals surface area contributed by atoms with Crippen LogP contribution in [0.2, 0.25) is 0 Å². The van der Waals surface area contributed by atoms with Gasteiger partial charge >= 0.3 is 5.97 Å². The molecule has 0 aliphatic rings. The van der Waals surface area contributed by atoms with Gasteiger partial charge < -0.3 is 4.74 Å². The van der Waals surface area contributed by atoms with Gasteiger partial charge in [0.15, 0.2) is 0 Å². The van der Waals surface area contributed by atoms with Crippen LogP contribution < -0.4 is 0 Å². The monoisotopic (exact) mass is 182 g/mol. The first-order valence-corrected chi connectivity index (χ1v) is 4.09. The highest BCUT2D eigenvalue weighted by Gasteiger charge is 2.12. The van der Waals surface area contributed by atoms with Crippen LogP contribution in [-0.4, -0.2) is 24.2 Å². The molecule has 0 saturated carbocycles. The summed E-state index contributed by atoms with van der Waals surface area (Å²) < 4.78 is 4.45. The highest BCUT2D eigenvalue weighted by molar-refractivity contribution is 7.81. The minimum absolute atomic E-state index is 0.284. The molecule has 10 heavy (non-hydrogen) atoms. The van der Waals surface area contributed by atoms with Gasteiger partial charge in [0.1, 0.15) is 0 Å². The van der Waals surface area contributed by atoms with Crippen LogP contribution >= 0.6 is 24.2 Å². The molecule has 0 fully saturated rings. The van der Waals surface area contributed by atoms with Gasteiger partial charge in [0.2, 0.25) is 0 Å². The van der Waals surface area contributed by atoms with E-state index in [4.69, 9.17) is 11.6 Å². The molecule has 4 heteroatoms. The average Bonchev–Trinajstić information content (AvgIpc) is 1.98. The van der Waals surface area contributed by atoms with E-state index in [-0.39, 0.29) is 11.2 Å². The summed E-state index contributed by atoms with van der Waals surface area (Å²) >= 11 is 9.41. The van der Waals surface area contributed by atoms with E-state index in [0.717, 1.165) is 6.42 Å². The Morgan fingerprint density at radius 2 is 2.40 bits per heavy atom. The Hall–Kier alpha value is 0.110. The SMILES string of the molecule is COC(=O)C(S)CCCCl. The van der Waals surface area contributed by atoms with Crippen LogP contribution in [-0.2, 0) is 9.53 Å². The minimum Gasteiger partial charge on any atom is -0.468 e. The second-order valence-corrected chi connectivity index (χ2v) is 2.87. The fourth-order valence-corrected chi connectivity index (χ4v) is 0.967. The number of methoxy groups -OCH3 is 1. The van der Waals surface area contributed by atoms with Gasteiger partial charge in [-0.05, 0) is 12.8 Å². The summed E-state index contributed by atoms with van der Waals surface area (Å²) in [6.45, 7) is 0. The molecular weight excluding hydrogens is 172 g/mol. The van der Waals surface area contributed by atoms with Gasteiger partial charge in [-0.2, -0.15) is 12.6 Å². The number of rotatable bonds is 4. The summed E-state index contributed by atoms with van der Waals surface area (Å²) in [6, 6.07) is 0. The van der Waals surface area contributed by atoms with Crippen molar-refractivity contribution < 1.29 is 9.53 Å². The predicted octanol–water partition coefficient (Wildman–Crippen LogP) is 1.48. The van der Waals surface area contributed by atoms with Crippen molar-refractivity contribution in [2.45, 2.75) is 18.1 Å². The molecule has 0 amide bonds. The Morgan fingerprint density at radius 3 is 2.80 bits per heavy atom. The van der Waals surface area contributed by atoms with Crippen molar-refractivity contribution in [1.29, 1.82) is 0 Å². The van der Waals surface area contributed by atoms with Crippen LogP contribution in [0.1, 0.15) is 12.8 Å². The number of halogens is 1. The van der Waals surface area contributed by atoms with Gasteiger partial charge in [-0.3, -0.25) is 4.79 Å². The summed E-state index contributed by atoms with van der Waals surface area (Å²) in [7, 11) is 1.35. The Morgan fingerprint density at radius 1 is 1.80 bits per heavy atom. The average molecular weight is 183 g/mol. The number of thiol groups is 1. The zero-order valence-corrected chi connectivity index (χ0v) is 7.49. The maximum atomic E-state index is 10.7. The van der Waals surface area contributed by atoms with Crippen LogP contribution in [0.3, 0.4) is 0 Å². The summed E-state index contributed by atoms with van der Waals surface area (Å²) in [5.74, 6) is 0.280. The zero-order valence-electron chi connectivity index (χ0n) is 5.84. The van der Waals surface area contributed by atoms with Crippen molar-refractivity contribution in [3.63, 3.8) is 0 Å². The second-order valence-electron chi connectivity index (χ2n) is 1.87. The lowest BCUT2D eigenvalue weighted by atomic mass is 10.2. The lowest BCUT2D eigenvalue weighted by molar-refractivity contribution is -0.140. The van der Waals surface area contributed by atoms with Crippen molar-refractivity contribution in [3.8, 4) is 0 Å². The molecule has 60 valence electrons. The Balaban J connectivity index is 3.41. The van der Waals surface area contributed by atoms with Crippen LogP contribution in [0.15, 0.2) is 0 Å². The molecule has 0 saturated heterocycles. The lowest BCUT2D eigenvalue weighted by Gasteiger charge is -2.05. The highest BCUT2D eigenvalue weighted by Crippen LogP contribution is 2.06. The molecule has 2 nitrogen and oxygen atoms in total. The molecule has 0 spiro atoms. The second kappa shape index (κ2) is 5.86. The van der Waals surface area contributed by atoms with Crippen molar-refractivity contribution in [2.75, 3.05) is 13.0 Å². The normalized spacial score (nSPS) is 12.7. The first-order valence-electron chi connectivity index (χ1n) is 3.04. The van der Waals surface area contributed by atoms with Crippen LogP contribution in [0.4, 0.5) is 0 Å². The molecule has 1 unspecified atom stereocenters. The largest absolute Gasteiger partial charge is 0.468 e. The Labute approximate surface area is 71.3 Å². The van der Waals surface area contributed by atoms with Crippen LogP contribution in [0, 0.1) is 0 Å². The van der Waals surface area contributed by atoms with Crippen LogP contribution in [0.25, 0.3) is 0 Å². The smallest absolute Gasteiger partial charge is 0.318 e. The number of alkyl halides is 1. The minimum atomic E-state index is -0.316. The predicted molar refractivity (Wildman–Crippen MR) is 44.7 cm³/mol. The molecular formula is C6H11ClO2S. The van der Waals surface area contributed by atoms with Crippen LogP contribution in [0.5, 0.6) is 0 Å². The van der Waals surface area contributed by atoms with Crippen molar-refractivity contribution in [1.82, 2.24) is 0 Å². The molecule has 0 radical (unpaired) electrons. The molecule has 0 rings (SSSR count). The summed E-state index contributed by atoms with van der Waals surface area (Å²) in [4.78, 5) is 10.7. The van der Waals surface area contributed by atoms with Gasteiger partial charge in [0.25, 0.3) is 0 Å². The molecule has 0 aromatic carbocycles. The third kappa shape index (κ3) is 4.01. The molecule has 0 heterocycles. The molecule has 0 aliphatic heterocycles. The zero-order chi connectivity index (χ0) is 7.98. The summed E-state index contributed by atoms with van der Waals surface area (Å²) in [5, 5.41) is -0.316. The highest BCUT2D eigenvalue weighted by atomic mass is 35.5. The molecule has 0 aliphatic carbocycles. The van der Waals surface area contributed by atoms with E-state index >= 15 is 0 Å². The molecule has 1 atom stereocenters. The maximum absolute atomic E-state index is 10.7. The van der Waals surface area contributed by atoms with Crippen molar-refractivity contribution in [2.24, 2.45) is 0 Å². The van der Waals surface area contributed by atoms with Gasteiger partial charge in [0.05, 0.1) is 12.4 Å². The molecule has 0 aromatic rings. The number of hydrogen-bond acceptors (Lipinski definition) is 3. The third-order valence-corrected chi connectivity index (χ3v) is 1.82. The van der Waals surface area contributed by atoms with E-state index in [1.165, 1.54) is 7.11 Å². The summed E-state index contributed by atoms with van der Waals surface area (Å²) in [5.41, 5.74) is 0. The molecule has 0 N–H and O–H groups in total. The summed E-state index contributed by atoms with van der Waals surface area (Å²) in [6.07, 6.45) is 1.48. The standard InChI is InChI=1S/C6H11ClO2S/c1-9-6(8)5(10)3-2-4-7/h5,10H,2-4H2,1H3. The van der Waals surface area contributed by atoms with Gasteiger partial charge in [-0.15, -0.1) is 11.6 Å². The van der Waals surface area contributed by atoms with Crippen molar-refractivity contribution in [3.05, 3.63) is 0 Å². The quantitative estimate of drug-likeness (QED) is 0.405. The van der Waals surface area contributed by atoms with Gasteiger partial charge in [-0.1, -0.05) is 0 Å². The lowest BCUT2D eigenvalue weighted by Crippen LogP contribution is -2.15. The fourth-order valence-electron chi connectivity index (χ4n) is 0.524. The van der Waals surface area contributed by atoms with Crippen molar-refractivity contribution >= 4 is 30.2 Å². The number of carbonyl (C=O) groups excluding carboxylic acids is 1. The van der Waals surface area contributed by atoms with E-state index in [1.54, 1.807) is 0 Å². The fraction of sp³-hybridized carbons (Fsp3) is 0.833.